The summed E-state index contributed by atoms with van der Waals surface area (Å²) in [7, 11) is 0. The molecule has 0 aliphatic heterocycles. The lowest BCUT2D eigenvalue weighted by molar-refractivity contribution is 1.37. The van der Waals surface area contributed by atoms with Gasteiger partial charge >= 0.3 is 0 Å². The van der Waals surface area contributed by atoms with Crippen LogP contribution in [-0.4, -0.2) is 4.98 Å². The summed E-state index contributed by atoms with van der Waals surface area (Å²) in [4.78, 5) is 4.64. The Morgan fingerprint density at radius 1 is 1.40 bits per heavy atom. The highest BCUT2D eigenvalue weighted by atomic mass is 35.5. The first-order valence-electron chi connectivity index (χ1n) is 4.35. The van der Waals surface area contributed by atoms with E-state index < -0.39 is 0 Å². The fraction of sp³-hybridized carbons (Fsp3) is 0.0909. The molecule has 0 atom stereocenters. The first-order chi connectivity index (χ1) is 7.22. The molecule has 1 aromatic heterocycles. The minimum absolute atomic E-state index is 0.292. The summed E-state index contributed by atoms with van der Waals surface area (Å²) in [5.74, 6) is 0. The number of benzene rings is 1. The summed E-state index contributed by atoms with van der Waals surface area (Å²) < 4.78 is 0. The Morgan fingerprint density at radius 2 is 2.13 bits per heavy atom. The largest absolute Gasteiger partial charge is 0.223 e. The molecule has 0 saturated heterocycles. The summed E-state index contributed by atoms with van der Waals surface area (Å²) in [5.41, 5.74) is 2.17. The molecular weight excluding hydrogens is 228 g/mol. The summed E-state index contributed by atoms with van der Waals surface area (Å²) in [5, 5.41) is 9.88. The SMILES string of the molecule is Cc1ccccc1-c1nc(Cl)c(C#N)s1. The molecule has 1 heterocycles. The molecule has 0 unspecified atom stereocenters. The van der Waals surface area contributed by atoms with Gasteiger partial charge in [-0.15, -0.1) is 11.3 Å². The molecule has 0 fully saturated rings. The van der Waals surface area contributed by atoms with Gasteiger partial charge in [0.15, 0.2) is 5.15 Å². The van der Waals surface area contributed by atoms with Gasteiger partial charge in [-0.3, -0.25) is 0 Å². The standard InChI is InChI=1S/C11H7ClN2S/c1-7-4-2-3-5-8(7)11-14-10(12)9(6-13)15-11/h2-5H,1H3. The Morgan fingerprint density at radius 3 is 2.73 bits per heavy atom. The van der Waals surface area contributed by atoms with Crippen LogP contribution in [0.2, 0.25) is 5.15 Å². The van der Waals surface area contributed by atoms with Gasteiger partial charge in [0.25, 0.3) is 0 Å². The zero-order valence-electron chi connectivity index (χ0n) is 7.99. The van der Waals surface area contributed by atoms with Gasteiger partial charge in [-0.25, -0.2) is 4.98 Å². The Hall–Kier alpha value is -1.37. The predicted octanol–water partition coefficient (Wildman–Crippen LogP) is 3.64. The van der Waals surface area contributed by atoms with Crippen LogP contribution < -0.4 is 0 Å². The zero-order valence-corrected chi connectivity index (χ0v) is 9.56. The highest BCUT2D eigenvalue weighted by Gasteiger charge is 2.11. The van der Waals surface area contributed by atoms with Crippen LogP contribution in [0.3, 0.4) is 0 Å². The molecule has 2 nitrogen and oxygen atoms in total. The van der Waals surface area contributed by atoms with Gasteiger partial charge in [0.2, 0.25) is 0 Å². The van der Waals surface area contributed by atoms with Crippen LogP contribution in [0.15, 0.2) is 24.3 Å². The Kier molecular flexibility index (Phi) is 2.72. The van der Waals surface area contributed by atoms with E-state index in [1.54, 1.807) is 0 Å². The molecule has 0 N–H and O–H groups in total. The summed E-state index contributed by atoms with van der Waals surface area (Å²) >= 11 is 7.15. The molecule has 2 aromatic rings. The van der Waals surface area contributed by atoms with E-state index >= 15 is 0 Å². The van der Waals surface area contributed by atoms with Crippen LogP contribution in [0.25, 0.3) is 10.6 Å². The number of rotatable bonds is 1. The van der Waals surface area contributed by atoms with Crippen LogP contribution in [-0.2, 0) is 0 Å². The number of aryl methyl sites for hydroxylation is 1. The maximum Gasteiger partial charge on any atom is 0.158 e. The molecule has 0 radical (unpaired) electrons. The number of nitriles is 1. The van der Waals surface area contributed by atoms with Crippen LogP contribution in [0, 0.1) is 18.3 Å². The van der Waals surface area contributed by atoms with Crippen molar-refractivity contribution < 1.29 is 0 Å². The van der Waals surface area contributed by atoms with Gasteiger partial charge in [0, 0.05) is 5.56 Å². The van der Waals surface area contributed by atoms with E-state index in [1.165, 1.54) is 11.3 Å². The van der Waals surface area contributed by atoms with Crippen molar-refractivity contribution in [3.05, 3.63) is 39.9 Å². The molecule has 0 saturated carbocycles. The maximum atomic E-state index is 8.78. The lowest BCUT2D eigenvalue weighted by atomic mass is 10.1. The second-order valence-electron chi connectivity index (χ2n) is 3.07. The van der Waals surface area contributed by atoms with Gasteiger partial charge < -0.3 is 0 Å². The fourth-order valence-corrected chi connectivity index (χ4v) is 2.44. The highest BCUT2D eigenvalue weighted by molar-refractivity contribution is 7.16. The van der Waals surface area contributed by atoms with Gasteiger partial charge in [-0.1, -0.05) is 35.9 Å². The van der Waals surface area contributed by atoms with Crippen molar-refractivity contribution >= 4 is 22.9 Å². The topological polar surface area (TPSA) is 36.7 Å². The third-order valence-electron chi connectivity index (χ3n) is 2.06. The molecule has 74 valence electrons. The smallest absolute Gasteiger partial charge is 0.158 e. The molecule has 4 heteroatoms. The van der Waals surface area contributed by atoms with Crippen LogP contribution in [0.1, 0.15) is 10.4 Å². The Labute approximate surface area is 96.8 Å². The second-order valence-corrected chi connectivity index (χ2v) is 4.42. The van der Waals surface area contributed by atoms with Crippen molar-refractivity contribution in [3.63, 3.8) is 0 Å². The number of nitrogens with zero attached hydrogens (tertiary/aromatic N) is 2. The van der Waals surface area contributed by atoms with Crippen molar-refractivity contribution in [2.24, 2.45) is 0 Å². The molecule has 15 heavy (non-hydrogen) atoms. The van der Waals surface area contributed by atoms with E-state index in [4.69, 9.17) is 16.9 Å². The number of thiazole rings is 1. The van der Waals surface area contributed by atoms with Crippen molar-refractivity contribution in [1.82, 2.24) is 4.98 Å². The molecule has 0 bridgehead atoms. The lowest BCUT2D eigenvalue weighted by Crippen LogP contribution is -1.80. The molecule has 1 aromatic carbocycles. The Balaban J connectivity index is 2.56. The molecule has 0 spiro atoms. The number of hydrogen-bond acceptors (Lipinski definition) is 3. The summed E-state index contributed by atoms with van der Waals surface area (Å²) in [6, 6.07) is 9.94. The molecule has 0 aliphatic carbocycles. The van der Waals surface area contributed by atoms with Crippen molar-refractivity contribution in [2.75, 3.05) is 0 Å². The minimum Gasteiger partial charge on any atom is -0.223 e. The summed E-state index contributed by atoms with van der Waals surface area (Å²) in [6.07, 6.45) is 0. The van der Waals surface area contributed by atoms with Gasteiger partial charge in [0.05, 0.1) is 0 Å². The van der Waals surface area contributed by atoms with Crippen molar-refractivity contribution in [1.29, 1.82) is 5.26 Å². The molecular formula is C11H7ClN2S. The van der Waals surface area contributed by atoms with Crippen molar-refractivity contribution in [3.8, 4) is 16.6 Å². The van der Waals surface area contributed by atoms with E-state index in [1.807, 2.05) is 37.3 Å². The van der Waals surface area contributed by atoms with Gasteiger partial charge in [-0.2, -0.15) is 5.26 Å². The van der Waals surface area contributed by atoms with Crippen molar-refractivity contribution in [2.45, 2.75) is 6.92 Å². The minimum atomic E-state index is 0.292. The lowest BCUT2D eigenvalue weighted by Gasteiger charge is -1.99. The predicted molar refractivity (Wildman–Crippen MR) is 62.0 cm³/mol. The first kappa shape index (κ1) is 10.2. The normalized spacial score (nSPS) is 9.93. The number of aromatic nitrogens is 1. The van der Waals surface area contributed by atoms with Gasteiger partial charge in [0.1, 0.15) is 16.0 Å². The van der Waals surface area contributed by atoms with E-state index in [0.717, 1.165) is 16.1 Å². The molecule has 0 amide bonds. The zero-order chi connectivity index (χ0) is 10.8. The van der Waals surface area contributed by atoms with E-state index in [0.29, 0.717) is 10.0 Å². The fourth-order valence-electron chi connectivity index (χ4n) is 1.30. The highest BCUT2D eigenvalue weighted by Crippen LogP contribution is 2.31. The first-order valence-corrected chi connectivity index (χ1v) is 5.54. The third kappa shape index (κ3) is 1.87. The average Bonchev–Trinajstić information content (AvgIpc) is 2.60. The van der Waals surface area contributed by atoms with E-state index in [9.17, 15) is 0 Å². The van der Waals surface area contributed by atoms with Crippen LogP contribution in [0.4, 0.5) is 0 Å². The average molecular weight is 235 g/mol. The van der Waals surface area contributed by atoms with Gasteiger partial charge in [-0.05, 0) is 12.5 Å². The van der Waals surface area contributed by atoms with Crippen LogP contribution in [0.5, 0.6) is 0 Å². The quantitative estimate of drug-likeness (QED) is 0.755. The monoisotopic (exact) mass is 234 g/mol. The molecule has 2 rings (SSSR count). The molecule has 0 aliphatic rings. The number of hydrogen-bond donors (Lipinski definition) is 0. The Bertz CT molecular complexity index is 540. The summed E-state index contributed by atoms with van der Waals surface area (Å²) in [6.45, 7) is 2.01. The third-order valence-corrected chi connectivity index (χ3v) is 3.44. The van der Waals surface area contributed by atoms with Crippen LogP contribution >= 0.6 is 22.9 Å². The number of halogens is 1. The second kappa shape index (κ2) is 4.01. The van der Waals surface area contributed by atoms with E-state index in [-0.39, 0.29) is 0 Å². The van der Waals surface area contributed by atoms with E-state index in [2.05, 4.69) is 4.98 Å². The maximum absolute atomic E-state index is 8.78.